The van der Waals surface area contributed by atoms with Crippen molar-refractivity contribution in [3.8, 4) is 5.75 Å². The van der Waals surface area contributed by atoms with Crippen LogP contribution in [0.1, 0.15) is 92.6 Å². The zero-order chi connectivity index (χ0) is 25.6. The molecule has 1 aromatic carbocycles. The predicted molar refractivity (Wildman–Crippen MR) is 144 cm³/mol. The van der Waals surface area contributed by atoms with Crippen molar-refractivity contribution in [2.24, 2.45) is 0 Å². The summed E-state index contributed by atoms with van der Waals surface area (Å²) in [5.41, 5.74) is 4.45. The largest absolute Gasteiger partial charge is 0.494 e. The van der Waals surface area contributed by atoms with Crippen molar-refractivity contribution >= 4 is 11.8 Å². The van der Waals surface area contributed by atoms with Gasteiger partial charge in [-0.25, -0.2) is 4.98 Å². The zero-order valence-corrected chi connectivity index (χ0v) is 22.0. The van der Waals surface area contributed by atoms with E-state index in [1.165, 1.54) is 17.7 Å². The van der Waals surface area contributed by atoms with E-state index in [-0.39, 0.29) is 12.1 Å². The second-order valence-electron chi connectivity index (χ2n) is 10.7. The van der Waals surface area contributed by atoms with Gasteiger partial charge in [0.1, 0.15) is 17.6 Å². The third-order valence-corrected chi connectivity index (χ3v) is 7.82. The van der Waals surface area contributed by atoms with Gasteiger partial charge in [0.05, 0.1) is 12.7 Å². The number of hydrogen-bond acceptors (Lipinski definition) is 6. The maximum Gasteiger partial charge on any atom is 0.325 e. The molecule has 3 aliphatic rings. The highest BCUT2D eigenvalue weighted by Crippen LogP contribution is 2.47. The van der Waals surface area contributed by atoms with Gasteiger partial charge in [-0.05, 0) is 93.9 Å². The fraction of sp³-hybridized carbons (Fsp3) is 0.600. The molecule has 7 heteroatoms. The summed E-state index contributed by atoms with van der Waals surface area (Å²) in [7, 11) is 0. The van der Waals surface area contributed by atoms with Gasteiger partial charge in [-0.2, -0.15) is 0 Å². The number of aryl methyl sites for hydroxylation is 2. The molecule has 5 rings (SSSR count). The van der Waals surface area contributed by atoms with E-state index < -0.39 is 12.0 Å². The van der Waals surface area contributed by atoms with Crippen molar-refractivity contribution in [1.82, 2.24) is 10.3 Å². The van der Waals surface area contributed by atoms with Gasteiger partial charge < -0.3 is 19.9 Å². The summed E-state index contributed by atoms with van der Waals surface area (Å²) in [5, 5.41) is 16.8. The average Bonchev–Trinajstić information content (AvgIpc) is 3.72. The number of aliphatic carboxylic acids is 1. The number of hydrogen-bond donors (Lipinski definition) is 3. The van der Waals surface area contributed by atoms with Gasteiger partial charge in [0.15, 0.2) is 0 Å². The molecule has 7 nitrogen and oxygen atoms in total. The molecule has 1 aliphatic heterocycles. The molecule has 1 aromatic heterocycles. The first kappa shape index (κ1) is 26.0. The van der Waals surface area contributed by atoms with Crippen molar-refractivity contribution in [3.63, 3.8) is 0 Å². The number of nitrogens with one attached hydrogen (secondary N) is 2. The fourth-order valence-electron chi connectivity index (χ4n) is 5.61. The number of unbranched alkanes of at least 4 members (excludes halogenated alkanes) is 2. The van der Waals surface area contributed by atoms with Crippen LogP contribution in [0.15, 0.2) is 30.3 Å². The summed E-state index contributed by atoms with van der Waals surface area (Å²) < 4.78 is 11.9. The molecule has 2 aromatic rings. The predicted octanol–water partition coefficient (Wildman–Crippen LogP) is 5.39. The third-order valence-electron chi connectivity index (χ3n) is 7.82. The molecule has 2 aliphatic carbocycles. The van der Waals surface area contributed by atoms with Crippen molar-refractivity contribution in [3.05, 3.63) is 52.7 Å². The summed E-state index contributed by atoms with van der Waals surface area (Å²) >= 11 is 0. The van der Waals surface area contributed by atoms with Crippen molar-refractivity contribution in [2.75, 3.05) is 25.1 Å². The van der Waals surface area contributed by atoms with Crippen molar-refractivity contribution < 1.29 is 19.4 Å². The lowest BCUT2D eigenvalue weighted by Gasteiger charge is -2.37. The lowest BCUT2D eigenvalue weighted by molar-refractivity contribution is -0.140. The molecule has 37 heavy (non-hydrogen) atoms. The first-order valence-corrected chi connectivity index (χ1v) is 14.2. The Hall–Kier alpha value is -2.64. The Kier molecular flexibility index (Phi) is 8.62. The molecule has 1 atom stereocenters. The SMILES string of the molecule is CCOc1cccc(C(NC2CC(OCCCCCc3ccc4c(n3)NCCC4)C2)C(=O)O)c1C1CC1. The van der Waals surface area contributed by atoms with Crippen LogP contribution in [0.2, 0.25) is 0 Å². The van der Waals surface area contributed by atoms with E-state index >= 15 is 0 Å². The maximum atomic E-state index is 12.2. The number of nitrogens with zero attached hydrogens (tertiary/aromatic N) is 1. The van der Waals surface area contributed by atoms with Crippen LogP contribution in [0.25, 0.3) is 0 Å². The first-order chi connectivity index (χ1) is 18.1. The van der Waals surface area contributed by atoms with E-state index in [2.05, 4.69) is 22.8 Å². The van der Waals surface area contributed by atoms with Gasteiger partial charge in [-0.15, -0.1) is 0 Å². The number of pyridine rings is 1. The van der Waals surface area contributed by atoms with Gasteiger partial charge in [-0.3, -0.25) is 10.1 Å². The molecular weight excluding hydrogens is 466 g/mol. The quantitative estimate of drug-likeness (QED) is 0.295. The highest BCUT2D eigenvalue weighted by molar-refractivity contribution is 5.77. The highest BCUT2D eigenvalue weighted by atomic mass is 16.5. The summed E-state index contributed by atoms with van der Waals surface area (Å²) in [6.45, 7) is 4.34. The summed E-state index contributed by atoms with van der Waals surface area (Å²) in [6, 6.07) is 9.68. The van der Waals surface area contributed by atoms with E-state index in [1.807, 2.05) is 25.1 Å². The number of anilines is 1. The third kappa shape index (κ3) is 6.63. The number of rotatable bonds is 14. The minimum Gasteiger partial charge on any atom is -0.494 e. The van der Waals surface area contributed by atoms with E-state index in [4.69, 9.17) is 14.5 Å². The molecule has 2 saturated carbocycles. The Morgan fingerprint density at radius 2 is 2.05 bits per heavy atom. The van der Waals surface area contributed by atoms with Crippen LogP contribution in [0.4, 0.5) is 5.82 Å². The Balaban J connectivity index is 1.02. The van der Waals surface area contributed by atoms with Gasteiger partial charge >= 0.3 is 5.97 Å². The topological polar surface area (TPSA) is 92.7 Å². The lowest BCUT2D eigenvalue weighted by atomic mass is 9.87. The molecule has 200 valence electrons. The number of aromatic nitrogens is 1. The molecular formula is C30H41N3O4. The van der Waals surface area contributed by atoms with Gasteiger partial charge in [0.2, 0.25) is 0 Å². The number of carbonyl (C=O) groups is 1. The standard InChI is InChI=1S/C30H41N3O4/c1-2-36-26-11-6-10-25(27(26)20-12-13-20)28(30(34)35)32-23-18-24(19-23)37-17-5-3-4-9-22-15-14-21-8-7-16-31-29(21)33-22/h6,10-11,14-15,20,23-24,28,32H,2-5,7-9,12-13,16-19H2,1H3,(H,31,33)(H,34,35). The van der Waals surface area contributed by atoms with Crippen LogP contribution < -0.4 is 15.4 Å². The molecule has 0 saturated heterocycles. The highest BCUT2D eigenvalue weighted by Gasteiger charge is 2.37. The Bertz CT molecular complexity index is 1060. The summed E-state index contributed by atoms with van der Waals surface area (Å²) in [6.07, 6.45) is 10.8. The van der Waals surface area contributed by atoms with E-state index in [1.54, 1.807) is 0 Å². The summed E-state index contributed by atoms with van der Waals surface area (Å²) in [4.78, 5) is 17.0. The van der Waals surface area contributed by atoms with Crippen LogP contribution in [0, 0.1) is 0 Å². The van der Waals surface area contributed by atoms with Crippen LogP contribution in [0.5, 0.6) is 5.75 Å². The molecule has 2 heterocycles. The maximum absolute atomic E-state index is 12.2. The number of benzene rings is 1. The molecule has 0 spiro atoms. The van der Waals surface area contributed by atoms with E-state index in [0.717, 1.165) is 93.6 Å². The Labute approximate surface area is 220 Å². The van der Waals surface area contributed by atoms with E-state index in [9.17, 15) is 9.90 Å². The van der Waals surface area contributed by atoms with Crippen LogP contribution in [0.3, 0.4) is 0 Å². The van der Waals surface area contributed by atoms with Crippen molar-refractivity contribution in [1.29, 1.82) is 0 Å². The number of ether oxygens (including phenoxy) is 2. The molecule has 3 N–H and O–H groups in total. The van der Waals surface area contributed by atoms with Crippen LogP contribution in [-0.4, -0.2) is 48.0 Å². The summed E-state index contributed by atoms with van der Waals surface area (Å²) in [5.74, 6) is 1.50. The monoisotopic (exact) mass is 507 g/mol. The second kappa shape index (κ2) is 12.3. The normalized spacial score (nSPS) is 21.4. The van der Waals surface area contributed by atoms with Gasteiger partial charge in [0.25, 0.3) is 0 Å². The van der Waals surface area contributed by atoms with Crippen LogP contribution in [-0.2, 0) is 22.4 Å². The fourth-order valence-corrected chi connectivity index (χ4v) is 5.61. The second-order valence-corrected chi connectivity index (χ2v) is 10.7. The average molecular weight is 508 g/mol. The number of fused-ring (bicyclic) bond motifs is 1. The minimum atomic E-state index is -0.830. The van der Waals surface area contributed by atoms with Crippen molar-refractivity contribution in [2.45, 2.75) is 95.2 Å². The van der Waals surface area contributed by atoms with Gasteiger partial charge in [-0.1, -0.05) is 24.6 Å². The van der Waals surface area contributed by atoms with E-state index in [0.29, 0.717) is 12.5 Å². The Morgan fingerprint density at radius 1 is 1.19 bits per heavy atom. The molecule has 0 amide bonds. The van der Waals surface area contributed by atoms with Crippen LogP contribution >= 0.6 is 0 Å². The number of carboxylic acid groups (broad SMARTS) is 1. The number of carboxylic acids is 1. The zero-order valence-electron chi connectivity index (χ0n) is 22.0. The molecule has 0 bridgehead atoms. The van der Waals surface area contributed by atoms with Gasteiger partial charge in [0, 0.05) is 30.5 Å². The molecule has 2 fully saturated rings. The lowest BCUT2D eigenvalue weighted by Crippen LogP contribution is -2.48. The Morgan fingerprint density at radius 3 is 2.84 bits per heavy atom. The smallest absolute Gasteiger partial charge is 0.325 e. The first-order valence-electron chi connectivity index (χ1n) is 14.2. The molecule has 0 radical (unpaired) electrons. The minimum absolute atomic E-state index is 0.164. The molecule has 1 unspecified atom stereocenters.